The van der Waals surface area contributed by atoms with Crippen LogP contribution >= 0.6 is 0 Å². The van der Waals surface area contributed by atoms with Gasteiger partial charge in [0.05, 0.1) is 18.9 Å². The lowest BCUT2D eigenvalue weighted by Gasteiger charge is -2.23. The Morgan fingerprint density at radius 3 is 2.20 bits per heavy atom. The first-order valence-corrected chi connectivity index (χ1v) is 9.73. The number of ether oxygens (including phenoxy) is 2. The Kier molecular flexibility index (Phi) is 6.87. The van der Waals surface area contributed by atoms with Gasteiger partial charge in [0, 0.05) is 32.4 Å². The fourth-order valence-electron chi connectivity index (χ4n) is 3.35. The standard InChI is InChI=1S/C19H32N4O2/c1-14(2)17-9-18(20-10-15-5-3-7-24-12-15)23-19(22-17)21-11-16-6-4-8-25-13-16/h9,14-16H,3-8,10-13H2,1-2H3,(H2,20,21,22,23). The molecule has 2 aliphatic rings. The van der Waals surface area contributed by atoms with E-state index < -0.39 is 0 Å². The van der Waals surface area contributed by atoms with E-state index in [1.165, 1.54) is 12.8 Å². The molecule has 1 aromatic heterocycles. The summed E-state index contributed by atoms with van der Waals surface area (Å²) in [4.78, 5) is 9.35. The van der Waals surface area contributed by atoms with E-state index in [4.69, 9.17) is 9.47 Å². The van der Waals surface area contributed by atoms with Crippen molar-refractivity contribution in [3.05, 3.63) is 11.8 Å². The predicted molar refractivity (Wildman–Crippen MR) is 100 cm³/mol. The lowest BCUT2D eigenvalue weighted by Crippen LogP contribution is -2.26. The summed E-state index contributed by atoms with van der Waals surface area (Å²) in [6.45, 7) is 9.60. The van der Waals surface area contributed by atoms with Crippen LogP contribution in [0.25, 0.3) is 0 Å². The third kappa shape index (κ3) is 5.82. The van der Waals surface area contributed by atoms with Gasteiger partial charge in [0.1, 0.15) is 5.82 Å². The fourth-order valence-corrected chi connectivity index (χ4v) is 3.35. The molecule has 2 saturated heterocycles. The van der Waals surface area contributed by atoms with Gasteiger partial charge in [-0.05, 0) is 43.4 Å². The molecule has 2 aliphatic heterocycles. The molecule has 140 valence electrons. The van der Waals surface area contributed by atoms with Gasteiger partial charge in [0.2, 0.25) is 5.95 Å². The smallest absolute Gasteiger partial charge is 0.224 e. The molecule has 2 atom stereocenters. The molecule has 1 aromatic rings. The molecule has 25 heavy (non-hydrogen) atoms. The highest BCUT2D eigenvalue weighted by Crippen LogP contribution is 2.20. The van der Waals surface area contributed by atoms with Gasteiger partial charge in [-0.1, -0.05) is 13.8 Å². The molecule has 2 fully saturated rings. The molecule has 3 heterocycles. The molecule has 0 amide bonds. The number of rotatable bonds is 7. The van der Waals surface area contributed by atoms with Crippen molar-refractivity contribution in [2.75, 3.05) is 50.2 Å². The van der Waals surface area contributed by atoms with Crippen molar-refractivity contribution in [2.24, 2.45) is 11.8 Å². The Balaban J connectivity index is 1.59. The van der Waals surface area contributed by atoms with Crippen molar-refractivity contribution in [3.8, 4) is 0 Å². The van der Waals surface area contributed by atoms with Gasteiger partial charge in [-0.15, -0.1) is 0 Å². The van der Waals surface area contributed by atoms with Crippen LogP contribution in [0.15, 0.2) is 6.07 Å². The van der Waals surface area contributed by atoms with E-state index in [9.17, 15) is 0 Å². The summed E-state index contributed by atoms with van der Waals surface area (Å²) in [5.74, 6) is 3.13. The number of nitrogens with one attached hydrogen (secondary N) is 2. The third-order valence-electron chi connectivity index (χ3n) is 4.97. The number of aromatic nitrogens is 2. The minimum absolute atomic E-state index is 0.375. The molecule has 0 saturated carbocycles. The Morgan fingerprint density at radius 1 is 1.00 bits per heavy atom. The third-order valence-corrected chi connectivity index (χ3v) is 4.97. The molecular formula is C19H32N4O2. The van der Waals surface area contributed by atoms with Crippen molar-refractivity contribution in [1.82, 2.24) is 9.97 Å². The number of hydrogen-bond acceptors (Lipinski definition) is 6. The van der Waals surface area contributed by atoms with E-state index in [1.807, 2.05) is 0 Å². The first-order chi connectivity index (χ1) is 12.2. The van der Waals surface area contributed by atoms with Crippen LogP contribution < -0.4 is 10.6 Å². The molecule has 0 aromatic carbocycles. The molecule has 6 nitrogen and oxygen atoms in total. The minimum atomic E-state index is 0.375. The summed E-state index contributed by atoms with van der Waals surface area (Å²) in [5.41, 5.74) is 1.07. The topological polar surface area (TPSA) is 68.3 Å². The average molecular weight is 348 g/mol. The number of hydrogen-bond donors (Lipinski definition) is 2. The average Bonchev–Trinajstić information content (AvgIpc) is 2.66. The summed E-state index contributed by atoms with van der Waals surface area (Å²) >= 11 is 0. The van der Waals surface area contributed by atoms with Gasteiger partial charge >= 0.3 is 0 Å². The van der Waals surface area contributed by atoms with Crippen LogP contribution in [-0.4, -0.2) is 49.5 Å². The molecule has 2 unspecified atom stereocenters. The highest BCUT2D eigenvalue weighted by Gasteiger charge is 2.16. The van der Waals surface area contributed by atoms with Crippen LogP contribution in [0.5, 0.6) is 0 Å². The van der Waals surface area contributed by atoms with E-state index in [-0.39, 0.29) is 0 Å². The van der Waals surface area contributed by atoms with E-state index >= 15 is 0 Å². The maximum Gasteiger partial charge on any atom is 0.224 e. The zero-order chi connectivity index (χ0) is 17.5. The molecule has 3 rings (SSSR count). The molecular weight excluding hydrogens is 316 g/mol. The normalized spacial score (nSPS) is 24.3. The summed E-state index contributed by atoms with van der Waals surface area (Å²) in [6.07, 6.45) is 4.74. The van der Waals surface area contributed by atoms with Crippen LogP contribution in [0.4, 0.5) is 11.8 Å². The van der Waals surface area contributed by atoms with Crippen molar-refractivity contribution in [1.29, 1.82) is 0 Å². The lowest BCUT2D eigenvalue weighted by molar-refractivity contribution is 0.0594. The van der Waals surface area contributed by atoms with E-state index in [2.05, 4.69) is 40.5 Å². The molecule has 0 bridgehead atoms. The van der Waals surface area contributed by atoms with Crippen molar-refractivity contribution in [2.45, 2.75) is 45.4 Å². The molecule has 0 spiro atoms. The summed E-state index contributed by atoms with van der Waals surface area (Å²) in [5, 5.41) is 6.91. The Bertz CT molecular complexity index is 486. The predicted octanol–water partition coefficient (Wildman–Crippen LogP) is 3.28. The van der Waals surface area contributed by atoms with Crippen molar-refractivity contribution >= 4 is 11.8 Å². The van der Waals surface area contributed by atoms with Gasteiger partial charge in [0.25, 0.3) is 0 Å². The lowest BCUT2D eigenvalue weighted by atomic mass is 10.0. The maximum absolute atomic E-state index is 5.56. The van der Waals surface area contributed by atoms with E-state index in [1.54, 1.807) is 0 Å². The first kappa shape index (κ1) is 18.4. The zero-order valence-electron chi connectivity index (χ0n) is 15.6. The summed E-state index contributed by atoms with van der Waals surface area (Å²) in [7, 11) is 0. The first-order valence-electron chi connectivity index (χ1n) is 9.73. The van der Waals surface area contributed by atoms with Crippen LogP contribution in [0.1, 0.15) is 51.1 Å². The number of nitrogens with zero attached hydrogens (tertiary/aromatic N) is 2. The minimum Gasteiger partial charge on any atom is -0.381 e. The van der Waals surface area contributed by atoms with Crippen molar-refractivity contribution in [3.63, 3.8) is 0 Å². The molecule has 6 heteroatoms. The number of anilines is 2. The van der Waals surface area contributed by atoms with Gasteiger partial charge < -0.3 is 20.1 Å². The largest absolute Gasteiger partial charge is 0.381 e. The Hall–Kier alpha value is -1.40. The highest BCUT2D eigenvalue weighted by molar-refractivity contribution is 5.43. The second-order valence-electron chi connectivity index (χ2n) is 7.58. The highest BCUT2D eigenvalue weighted by atomic mass is 16.5. The molecule has 2 N–H and O–H groups in total. The van der Waals surface area contributed by atoms with Crippen LogP contribution in [0.2, 0.25) is 0 Å². The van der Waals surface area contributed by atoms with E-state index in [0.717, 1.165) is 69.8 Å². The van der Waals surface area contributed by atoms with Gasteiger partial charge in [0.15, 0.2) is 0 Å². The summed E-state index contributed by atoms with van der Waals surface area (Å²) in [6, 6.07) is 2.07. The van der Waals surface area contributed by atoms with Gasteiger partial charge in [-0.3, -0.25) is 0 Å². The van der Waals surface area contributed by atoms with Gasteiger partial charge in [-0.2, -0.15) is 4.98 Å². The fraction of sp³-hybridized carbons (Fsp3) is 0.789. The van der Waals surface area contributed by atoms with Gasteiger partial charge in [-0.25, -0.2) is 4.98 Å². The quantitative estimate of drug-likeness (QED) is 0.788. The Morgan fingerprint density at radius 2 is 1.64 bits per heavy atom. The zero-order valence-corrected chi connectivity index (χ0v) is 15.6. The van der Waals surface area contributed by atoms with Crippen molar-refractivity contribution < 1.29 is 9.47 Å². The van der Waals surface area contributed by atoms with E-state index in [0.29, 0.717) is 17.8 Å². The van der Waals surface area contributed by atoms with Crippen LogP contribution in [0.3, 0.4) is 0 Å². The SMILES string of the molecule is CC(C)c1cc(NCC2CCCOC2)nc(NCC2CCCOC2)n1. The molecule has 0 radical (unpaired) electrons. The van der Waals surface area contributed by atoms with Crippen LogP contribution in [0, 0.1) is 11.8 Å². The maximum atomic E-state index is 5.56. The van der Waals surface area contributed by atoms with Crippen LogP contribution in [-0.2, 0) is 9.47 Å². The second kappa shape index (κ2) is 9.34. The second-order valence-corrected chi connectivity index (χ2v) is 7.58. The summed E-state index contributed by atoms with van der Waals surface area (Å²) < 4.78 is 11.1. The molecule has 0 aliphatic carbocycles. The monoisotopic (exact) mass is 348 g/mol. The Labute approximate surface area is 151 Å².